The predicted molar refractivity (Wildman–Crippen MR) is 34.7 cm³/mol. The van der Waals surface area contributed by atoms with Crippen molar-refractivity contribution in [3.63, 3.8) is 0 Å². The number of hydrogen-bond acceptors (Lipinski definition) is 0. The molecular weight excluding hydrogens is 96.1 g/mol. The van der Waals surface area contributed by atoms with E-state index in [1.54, 1.807) is 5.57 Å². The molecule has 0 aromatic rings. The molecule has 0 aromatic heterocycles. The number of allylic oxidation sites excluding steroid dienone is 2. The van der Waals surface area contributed by atoms with Crippen molar-refractivity contribution in [2.75, 3.05) is 0 Å². The SMILES string of the molecule is CC1=CCC2(CC2)C1. The van der Waals surface area contributed by atoms with Crippen LogP contribution in [0, 0.1) is 5.41 Å². The first-order valence-corrected chi connectivity index (χ1v) is 3.46. The molecule has 44 valence electrons. The van der Waals surface area contributed by atoms with Crippen LogP contribution in [0.5, 0.6) is 0 Å². The van der Waals surface area contributed by atoms with E-state index < -0.39 is 0 Å². The van der Waals surface area contributed by atoms with Crippen LogP contribution in [0.25, 0.3) is 0 Å². The van der Waals surface area contributed by atoms with Crippen LogP contribution in [0.15, 0.2) is 11.6 Å². The maximum atomic E-state index is 2.41. The summed E-state index contributed by atoms with van der Waals surface area (Å²) in [6.07, 6.45) is 8.21. The van der Waals surface area contributed by atoms with Gasteiger partial charge in [0.25, 0.3) is 0 Å². The van der Waals surface area contributed by atoms with Crippen LogP contribution in [0.1, 0.15) is 32.6 Å². The monoisotopic (exact) mass is 108 g/mol. The zero-order chi connectivity index (χ0) is 5.61. The summed E-state index contributed by atoms with van der Waals surface area (Å²) >= 11 is 0. The standard InChI is InChI=1S/C8H12/c1-7-2-3-8(6-7)4-5-8/h2H,3-6H2,1H3. The second-order valence-electron chi connectivity index (χ2n) is 3.43. The lowest BCUT2D eigenvalue weighted by atomic mass is 10.0. The average Bonchev–Trinajstić information content (AvgIpc) is 2.34. The smallest absolute Gasteiger partial charge is 0.0225 e. The summed E-state index contributed by atoms with van der Waals surface area (Å²) in [6, 6.07) is 0. The van der Waals surface area contributed by atoms with Crippen LogP contribution < -0.4 is 0 Å². The molecule has 0 saturated heterocycles. The Kier molecular flexibility index (Phi) is 0.677. The Balaban J connectivity index is 2.12. The molecule has 2 rings (SSSR count). The van der Waals surface area contributed by atoms with Crippen molar-refractivity contribution in [2.45, 2.75) is 32.6 Å². The van der Waals surface area contributed by atoms with Crippen LogP contribution in [0.4, 0.5) is 0 Å². The highest BCUT2D eigenvalue weighted by Crippen LogP contribution is 2.56. The quantitative estimate of drug-likeness (QED) is 0.418. The van der Waals surface area contributed by atoms with Crippen molar-refractivity contribution in [1.82, 2.24) is 0 Å². The van der Waals surface area contributed by atoms with Gasteiger partial charge in [0, 0.05) is 0 Å². The highest BCUT2D eigenvalue weighted by molar-refractivity contribution is 5.17. The molecule has 2 aliphatic rings. The van der Waals surface area contributed by atoms with Crippen molar-refractivity contribution in [1.29, 1.82) is 0 Å². The summed E-state index contributed by atoms with van der Waals surface area (Å²) in [6.45, 7) is 2.26. The van der Waals surface area contributed by atoms with Crippen molar-refractivity contribution < 1.29 is 0 Å². The summed E-state index contributed by atoms with van der Waals surface area (Å²) < 4.78 is 0. The van der Waals surface area contributed by atoms with E-state index in [9.17, 15) is 0 Å². The molecule has 0 aliphatic heterocycles. The zero-order valence-corrected chi connectivity index (χ0v) is 5.41. The highest BCUT2D eigenvalue weighted by atomic mass is 14.5. The average molecular weight is 108 g/mol. The van der Waals surface area contributed by atoms with Crippen LogP contribution in [-0.4, -0.2) is 0 Å². The summed E-state index contributed by atoms with van der Waals surface area (Å²) in [4.78, 5) is 0. The van der Waals surface area contributed by atoms with E-state index in [-0.39, 0.29) is 0 Å². The van der Waals surface area contributed by atoms with Gasteiger partial charge in [0.1, 0.15) is 0 Å². The third-order valence-corrected chi connectivity index (χ3v) is 2.49. The third-order valence-electron chi connectivity index (χ3n) is 2.49. The van der Waals surface area contributed by atoms with Gasteiger partial charge in [-0.05, 0) is 38.0 Å². The van der Waals surface area contributed by atoms with E-state index in [1.807, 2.05) is 0 Å². The Morgan fingerprint density at radius 1 is 1.50 bits per heavy atom. The predicted octanol–water partition coefficient (Wildman–Crippen LogP) is 2.51. The fourth-order valence-electron chi connectivity index (χ4n) is 1.68. The van der Waals surface area contributed by atoms with Crippen LogP contribution >= 0.6 is 0 Å². The van der Waals surface area contributed by atoms with Gasteiger partial charge in [0.15, 0.2) is 0 Å². The number of rotatable bonds is 0. The maximum Gasteiger partial charge on any atom is -0.0225 e. The second kappa shape index (κ2) is 1.18. The number of hydrogen-bond donors (Lipinski definition) is 0. The molecule has 1 fully saturated rings. The third kappa shape index (κ3) is 0.521. The van der Waals surface area contributed by atoms with Gasteiger partial charge in [-0.2, -0.15) is 0 Å². The molecule has 0 radical (unpaired) electrons. The van der Waals surface area contributed by atoms with Gasteiger partial charge in [-0.3, -0.25) is 0 Å². The fourth-order valence-corrected chi connectivity index (χ4v) is 1.68. The van der Waals surface area contributed by atoms with Gasteiger partial charge in [0.2, 0.25) is 0 Å². The molecule has 0 bridgehead atoms. The van der Waals surface area contributed by atoms with E-state index in [0.717, 1.165) is 5.41 Å². The van der Waals surface area contributed by atoms with Crippen LogP contribution in [0.2, 0.25) is 0 Å². The summed E-state index contributed by atoms with van der Waals surface area (Å²) in [5.41, 5.74) is 2.45. The molecule has 0 aromatic carbocycles. The van der Waals surface area contributed by atoms with Gasteiger partial charge in [-0.15, -0.1) is 0 Å². The lowest BCUT2D eigenvalue weighted by Gasteiger charge is -2.00. The van der Waals surface area contributed by atoms with Gasteiger partial charge in [0.05, 0.1) is 0 Å². The molecule has 0 amide bonds. The van der Waals surface area contributed by atoms with Crippen molar-refractivity contribution in [2.24, 2.45) is 5.41 Å². The van der Waals surface area contributed by atoms with Crippen molar-refractivity contribution in [3.05, 3.63) is 11.6 Å². The zero-order valence-electron chi connectivity index (χ0n) is 5.41. The molecule has 2 aliphatic carbocycles. The molecule has 1 spiro atoms. The summed E-state index contributed by atoms with van der Waals surface area (Å²) in [7, 11) is 0. The Morgan fingerprint density at radius 3 is 2.50 bits per heavy atom. The maximum absolute atomic E-state index is 2.41. The first-order chi connectivity index (χ1) is 3.81. The first-order valence-electron chi connectivity index (χ1n) is 3.46. The van der Waals surface area contributed by atoms with E-state index in [0.29, 0.717) is 0 Å². The van der Waals surface area contributed by atoms with Gasteiger partial charge >= 0.3 is 0 Å². The lowest BCUT2D eigenvalue weighted by Crippen LogP contribution is -1.89. The molecule has 0 nitrogen and oxygen atoms in total. The minimum atomic E-state index is 0.823. The minimum Gasteiger partial charge on any atom is -0.0850 e. The molecule has 0 heteroatoms. The largest absolute Gasteiger partial charge is 0.0850 e. The summed E-state index contributed by atoms with van der Waals surface area (Å²) in [5, 5.41) is 0. The van der Waals surface area contributed by atoms with Gasteiger partial charge in [-0.1, -0.05) is 11.6 Å². The normalized spacial score (nSPS) is 30.9. The summed E-state index contributed by atoms with van der Waals surface area (Å²) in [5.74, 6) is 0. The van der Waals surface area contributed by atoms with Gasteiger partial charge < -0.3 is 0 Å². The highest BCUT2D eigenvalue weighted by Gasteiger charge is 2.43. The molecule has 1 saturated carbocycles. The van der Waals surface area contributed by atoms with Crippen LogP contribution in [-0.2, 0) is 0 Å². The Bertz CT molecular complexity index is 138. The van der Waals surface area contributed by atoms with Gasteiger partial charge in [-0.25, -0.2) is 0 Å². The Morgan fingerprint density at radius 2 is 2.25 bits per heavy atom. The Hall–Kier alpha value is -0.260. The molecule has 0 heterocycles. The van der Waals surface area contributed by atoms with E-state index in [2.05, 4.69) is 13.0 Å². The lowest BCUT2D eigenvalue weighted by molar-refractivity contribution is 0.550. The minimum absolute atomic E-state index is 0.823. The molecule has 0 unspecified atom stereocenters. The fraction of sp³-hybridized carbons (Fsp3) is 0.750. The molecule has 0 atom stereocenters. The molecule has 0 N–H and O–H groups in total. The van der Waals surface area contributed by atoms with Crippen molar-refractivity contribution >= 4 is 0 Å². The van der Waals surface area contributed by atoms with Crippen LogP contribution in [0.3, 0.4) is 0 Å². The van der Waals surface area contributed by atoms with E-state index >= 15 is 0 Å². The molecular formula is C8H12. The Labute approximate surface area is 50.6 Å². The first kappa shape index (κ1) is 4.60. The topological polar surface area (TPSA) is 0 Å². The second-order valence-corrected chi connectivity index (χ2v) is 3.43. The van der Waals surface area contributed by atoms with E-state index in [4.69, 9.17) is 0 Å². The molecule has 8 heavy (non-hydrogen) atoms. The van der Waals surface area contributed by atoms with E-state index in [1.165, 1.54) is 25.7 Å². The van der Waals surface area contributed by atoms with Crippen molar-refractivity contribution in [3.8, 4) is 0 Å².